The van der Waals surface area contributed by atoms with Crippen LogP contribution in [0.2, 0.25) is 0 Å². The molecule has 0 bridgehead atoms. The molecular weight excluding hydrogens is 332 g/mol. The van der Waals surface area contributed by atoms with Crippen LogP contribution in [0.15, 0.2) is 42.6 Å². The van der Waals surface area contributed by atoms with E-state index in [0.29, 0.717) is 6.04 Å². The van der Waals surface area contributed by atoms with Gasteiger partial charge in [0.1, 0.15) is 5.82 Å². The second-order valence-corrected chi connectivity index (χ2v) is 8.19. The van der Waals surface area contributed by atoms with Crippen LogP contribution in [0.3, 0.4) is 0 Å². The van der Waals surface area contributed by atoms with Crippen molar-refractivity contribution in [1.82, 2.24) is 9.97 Å². The molecule has 1 N–H and O–H groups in total. The van der Waals surface area contributed by atoms with Gasteiger partial charge in [-0.05, 0) is 49.7 Å². The van der Waals surface area contributed by atoms with E-state index < -0.39 is 0 Å². The molecule has 1 saturated carbocycles. The van der Waals surface area contributed by atoms with Crippen molar-refractivity contribution >= 4 is 11.8 Å². The highest BCUT2D eigenvalue weighted by Crippen LogP contribution is 2.26. The first-order chi connectivity index (χ1) is 13.4. The summed E-state index contributed by atoms with van der Waals surface area (Å²) in [5, 5.41) is 3.59. The van der Waals surface area contributed by atoms with Crippen molar-refractivity contribution in [3.05, 3.63) is 48.2 Å². The third-order valence-electron chi connectivity index (χ3n) is 6.14. The van der Waals surface area contributed by atoms with Gasteiger partial charge in [-0.25, -0.2) is 4.98 Å². The van der Waals surface area contributed by atoms with Gasteiger partial charge in [0.25, 0.3) is 0 Å². The maximum atomic E-state index is 4.83. The Bertz CT molecular complexity index is 687. The van der Waals surface area contributed by atoms with Crippen LogP contribution in [-0.4, -0.2) is 29.1 Å². The topological polar surface area (TPSA) is 41.1 Å². The Kier molecular flexibility index (Phi) is 6.23. The molecule has 1 aromatic carbocycles. The normalized spacial score (nSPS) is 19.6. The first-order valence-corrected chi connectivity index (χ1v) is 10.8. The Morgan fingerprint density at radius 1 is 0.889 bits per heavy atom. The van der Waals surface area contributed by atoms with Crippen LogP contribution in [0.25, 0.3) is 0 Å². The summed E-state index contributed by atoms with van der Waals surface area (Å²) in [7, 11) is 0. The number of anilines is 2. The van der Waals surface area contributed by atoms with Crippen LogP contribution < -0.4 is 10.2 Å². The predicted molar refractivity (Wildman–Crippen MR) is 112 cm³/mol. The van der Waals surface area contributed by atoms with Gasteiger partial charge >= 0.3 is 0 Å². The summed E-state index contributed by atoms with van der Waals surface area (Å²) in [5.74, 6) is 2.68. The van der Waals surface area contributed by atoms with E-state index >= 15 is 0 Å². The van der Waals surface area contributed by atoms with Crippen LogP contribution in [0.5, 0.6) is 0 Å². The number of benzene rings is 1. The van der Waals surface area contributed by atoms with Crippen molar-refractivity contribution < 1.29 is 0 Å². The largest absolute Gasteiger partial charge is 0.356 e. The van der Waals surface area contributed by atoms with Crippen molar-refractivity contribution in [3.63, 3.8) is 0 Å². The minimum Gasteiger partial charge on any atom is -0.356 e. The molecule has 0 spiro atoms. The van der Waals surface area contributed by atoms with Gasteiger partial charge < -0.3 is 10.2 Å². The van der Waals surface area contributed by atoms with Gasteiger partial charge in [-0.15, -0.1) is 0 Å². The first kappa shape index (κ1) is 18.3. The second-order valence-electron chi connectivity index (χ2n) is 8.19. The summed E-state index contributed by atoms with van der Waals surface area (Å²) in [6, 6.07) is 13.5. The second kappa shape index (κ2) is 9.20. The van der Waals surface area contributed by atoms with Gasteiger partial charge in [-0.1, -0.05) is 56.0 Å². The fourth-order valence-corrected chi connectivity index (χ4v) is 4.51. The van der Waals surface area contributed by atoms with E-state index in [-0.39, 0.29) is 0 Å². The third-order valence-corrected chi connectivity index (χ3v) is 6.14. The molecule has 1 aromatic heterocycles. The van der Waals surface area contributed by atoms with E-state index in [2.05, 4.69) is 51.6 Å². The van der Waals surface area contributed by atoms with Gasteiger partial charge in [0.15, 0.2) is 0 Å². The molecule has 2 aliphatic rings. The van der Waals surface area contributed by atoms with Gasteiger partial charge in [0.2, 0.25) is 5.95 Å². The molecule has 144 valence electrons. The lowest BCUT2D eigenvalue weighted by molar-refractivity contribution is 0.402. The molecule has 1 saturated heterocycles. The lowest BCUT2D eigenvalue weighted by Crippen LogP contribution is -2.35. The molecule has 0 unspecified atom stereocenters. The molecule has 0 amide bonds. The summed E-state index contributed by atoms with van der Waals surface area (Å²) in [6.07, 6.45) is 13.5. The molecule has 27 heavy (non-hydrogen) atoms. The summed E-state index contributed by atoms with van der Waals surface area (Å²) >= 11 is 0. The van der Waals surface area contributed by atoms with Gasteiger partial charge in [-0.2, -0.15) is 4.98 Å². The van der Waals surface area contributed by atoms with Crippen LogP contribution in [0.1, 0.15) is 56.9 Å². The molecule has 1 aliphatic heterocycles. The molecule has 4 rings (SSSR count). The highest BCUT2D eigenvalue weighted by atomic mass is 15.2. The molecule has 4 heteroatoms. The van der Waals surface area contributed by atoms with E-state index in [1.165, 1.54) is 63.4 Å². The summed E-state index contributed by atoms with van der Waals surface area (Å²) in [6.45, 7) is 2.19. The van der Waals surface area contributed by atoms with E-state index in [1.54, 1.807) is 0 Å². The Balaban J connectivity index is 1.31. The quantitative estimate of drug-likeness (QED) is 0.752. The van der Waals surface area contributed by atoms with Crippen molar-refractivity contribution in [2.75, 3.05) is 23.3 Å². The van der Waals surface area contributed by atoms with Crippen molar-refractivity contribution in [2.24, 2.45) is 5.92 Å². The number of hydrogen-bond donors (Lipinski definition) is 1. The maximum Gasteiger partial charge on any atom is 0.224 e. The zero-order valence-electron chi connectivity index (χ0n) is 16.3. The Morgan fingerprint density at radius 2 is 1.63 bits per heavy atom. The Hall–Kier alpha value is -2.10. The van der Waals surface area contributed by atoms with Crippen molar-refractivity contribution in [3.8, 4) is 0 Å². The van der Waals surface area contributed by atoms with E-state index in [9.17, 15) is 0 Å². The molecule has 4 nitrogen and oxygen atoms in total. The highest BCUT2D eigenvalue weighted by Gasteiger charge is 2.21. The standard InChI is InChI=1S/C23H32N4/c1-2-7-11-21(10-6-1)25-23-24-15-12-22(26-23)27-16-13-20(14-17-27)18-19-8-4-3-5-9-19/h3-5,8-9,12,15,20-21H,1-2,6-7,10-11,13-14,16-18H2,(H,24,25,26). The Morgan fingerprint density at radius 3 is 2.37 bits per heavy atom. The van der Waals surface area contributed by atoms with Crippen molar-refractivity contribution in [1.29, 1.82) is 0 Å². The van der Waals surface area contributed by atoms with Gasteiger partial charge in [0.05, 0.1) is 0 Å². The van der Waals surface area contributed by atoms with Crippen LogP contribution in [-0.2, 0) is 6.42 Å². The molecule has 0 atom stereocenters. The SMILES string of the molecule is c1ccc(CC2CCN(c3ccnc(NC4CCCCCC4)n3)CC2)cc1. The highest BCUT2D eigenvalue weighted by molar-refractivity contribution is 5.43. The molecule has 0 radical (unpaired) electrons. The van der Waals surface area contributed by atoms with Gasteiger partial charge in [-0.3, -0.25) is 0 Å². The average molecular weight is 365 g/mol. The fraction of sp³-hybridized carbons (Fsp3) is 0.565. The first-order valence-electron chi connectivity index (χ1n) is 10.8. The lowest BCUT2D eigenvalue weighted by Gasteiger charge is -2.33. The minimum absolute atomic E-state index is 0.541. The van der Waals surface area contributed by atoms with E-state index in [4.69, 9.17) is 4.98 Å². The number of rotatable bonds is 5. The third kappa shape index (κ3) is 5.21. The number of piperidine rings is 1. The number of aromatic nitrogens is 2. The smallest absolute Gasteiger partial charge is 0.224 e. The van der Waals surface area contributed by atoms with Crippen LogP contribution in [0.4, 0.5) is 11.8 Å². The van der Waals surface area contributed by atoms with Gasteiger partial charge in [0, 0.05) is 25.3 Å². The maximum absolute atomic E-state index is 4.83. The fourth-order valence-electron chi connectivity index (χ4n) is 4.51. The molecule has 2 heterocycles. The van der Waals surface area contributed by atoms with E-state index in [1.807, 2.05) is 6.20 Å². The summed E-state index contributed by atoms with van der Waals surface area (Å²) < 4.78 is 0. The zero-order valence-corrected chi connectivity index (χ0v) is 16.3. The zero-order chi connectivity index (χ0) is 18.3. The Labute approximate surface area is 163 Å². The average Bonchev–Trinajstić information content (AvgIpc) is 2.98. The lowest BCUT2D eigenvalue weighted by atomic mass is 9.90. The molecular formula is C23H32N4. The minimum atomic E-state index is 0.541. The number of nitrogens with zero attached hydrogens (tertiary/aromatic N) is 3. The van der Waals surface area contributed by atoms with Crippen molar-refractivity contribution in [2.45, 2.75) is 63.8 Å². The summed E-state index contributed by atoms with van der Waals surface area (Å²) in [4.78, 5) is 11.7. The molecule has 2 fully saturated rings. The van der Waals surface area contributed by atoms with Crippen LogP contribution in [0, 0.1) is 5.92 Å². The predicted octanol–water partition coefficient (Wildman–Crippen LogP) is 5.07. The monoisotopic (exact) mass is 364 g/mol. The van der Waals surface area contributed by atoms with Crippen LogP contribution >= 0.6 is 0 Å². The van der Waals surface area contributed by atoms with E-state index in [0.717, 1.165) is 30.8 Å². The molecule has 1 aliphatic carbocycles. The molecule has 2 aromatic rings. The number of hydrogen-bond acceptors (Lipinski definition) is 4. The summed E-state index contributed by atoms with van der Waals surface area (Å²) in [5.41, 5.74) is 1.47. The number of nitrogens with one attached hydrogen (secondary N) is 1.